The SMILES string of the molecule is CCOc1ccccc1S(=O)(=O)N1CCCC(Cc2nc(C3CC3)no2)C1. The molecule has 0 spiro atoms. The molecule has 1 unspecified atom stereocenters. The topological polar surface area (TPSA) is 85.5 Å². The lowest BCUT2D eigenvalue weighted by atomic mass is 9.96. The first-order valence-corrected chi connectivity index (χ1v) is 11.1. The smallest absolute Gasteiger partial charge is 0.246 e. The molecule has 0 N–H and O–H groups in total. The normalized spacial score (nSPS) is 21.3. The van der Waals surface area contributed by atoms with Crippen molar-refractivity contribution in [1.82, 2.24) is 14.4 Å². The van der Waals surface area contributed by atoms with Gasteiger partial charge in [0.2, 0.25) is 15.9 Å². The van der Waals surface area contributed by atoms with Gasteiger partial charge in [-0.3, -0.25) is 0 Å². The highest BCUT2D eigenvalue weighted by atomic mass is 32.2. The molecule has 1 aliphatic carbocycles. The van der Waals surface area contributed by atoms with E-state index in [1.165, 1.54) is 0 Å². The van der Waals surface area contributed by atoms with Crippen LogP contribution in [0.4, 0.5) is 0 Å². The first-order chi connectivity index (χ1) is 13.1. The number of ether oxygens (including phenoxy) is 1. The van der Waals surface area contributed by atoms with Crippen LogP contribution in [-0.2, 0) is 16.4 Å². The van der Waals surface area contributed by atoms with Gasteiger partial charge in [-0.15, -0.1) is 0 Å². The van der Waals surface area contributed by atoms with Crippen molar-refractivity contribution in [3.8, 4) is 5.75 Å². The number of rotatable bonds is 7. The van der Waals surface area contributed by atoms with E-state index < -0.39 is 10.0 Å². The fourth-order valence-corrected chi connectivity index (χ4v) is 5.28. The van der Waals surface area contributed by atoms with E-state index in [4.69, 9.17) is 9.26 Å². The van der Waals surface area contributed by atoms with Gasteiger partial charge in [-0.2, -0.15) is 9.29 Å². The first-order valence-electron chi connectivity index (χ1n) is 9.62. The number of para-hydroxylation sites is 1. The van der Waals surface area contributed by atoms with Gasteiger partial charge in [0.25, 0.3) is 0 Å². The third-order valence-corrected chi connectivity index (χ3v) is 7.04. The van der Waals surface area contributed by atoms with Crippen LogP contribution >= 0.6 is 0 Å². The Kier molecular flexibility index (Phi) is 5.19. The maximum Gasteiger partial charge on any atom is 0.246 e. The largest absolute Gasteiger partial charge is 0.492 e. The van der Waals surface area contributed by atoms with Crippen molar-refractivity contribution in [2.75, 3.05) is 19.7 Å². The zero-order valence-corrected chi connectivity index (χ0v) is 16.3. The predicted octanol–water partition coefficient (Wildman–Crippen LogP) is 2.99. The molecule has 0 radical (unpaired) electrons. The summed E-state index contributed by atoms with van der Waals surface area (Å²) >= 11 is 0. The molecule has 1 aromatic heterocycles. The number of sulfonamides is 1. The number of aromatic nitrogens is 2. The van der Waals surface area contributed by atoms with E-state index >= 15 is 0 Å². The van der Waals surface area contributed by atoms with Crippen LogP contribution in [0.15, 0.2) is 33.7 Å². The summed E-state index contributed by atoms with van der Waals surface area (Å²) in [6.07, 6.45) is 4.67. The van der Waals surface area contributed by atoms with Crippen molar-refractivity contribution < 1.29 is 17.7 Å². The fourth-order valence-electron chi connectivity index (χ4n) is 3.59. The molecule has 7 nitrogen and oxygen atoms in total. The second kappa shape index (κ2) is 7.59. The van der Waals surface area contributed by atoms with Gasteiger partial charge >= 0.3 is 0 Å². The van der Waals surface area contributed by atoms with Crippen LogP contribution in [0, 0.1) is 5.92 Å². The third kappa shape index (κ3) is 4.01. The molecule has 1 saturated heterocycles. The molecule has 1 saturated carbocycles. The monoisotopic (exact) mass is 391 g/mol. The minimum absolute atomic E-state index is 0.181. The number of nitrogens with zero attached hydrogens (tertiary/aromatic N) is 3. The zero-order chi connectivity index (χ0) is 18.9. The molecule has 1 aromatic carbocycles. The molecule has 8 heteroatoms. The van der Waals surface area contributed by atoms with E-state index in [1.807, 2.05) is 6.92 Å². The van der Waals surface area contributed by atoms with Crippen LogP contribution in [0.2, 0.25) is 0 Å². The molecule has 0 amide bonds. The van der Waals surface area contributed by atoms with E-state index in [9.17, 15) is 8.42 Å². The first kappa shape index (κ1) is 18.4. The van der Waals surface area contributed by atoms with Crippen LogP contribution in [-0.4, -0.2) is 42.6 Å². The molecule has 146 valence electrons. The minimum Gasteiger partial charge on any atom is -0.492 e. The van der Waals surface area contributed by atoms with Crippen molar-refractivity contribution >= 4 is 10.0 Å². The summed E-state index contributed by atoms with van der Waals surface area (Å²) in [5, 5.41) is 4.06. The Morgan fingerprint density at radius 2 is 2.07 bits per heavy atom. The molecular formula is C19H25N3O4S. The zero-order valence-electron chi connectivity index (χ0n) is 15.5. The molecule has 1 atom stereocenters. The molecular weight excluding hydrogens is 366 g/mol. The Bertz CT molecular complexity index is 892. The number of hydrogen-bond acceptors (Lipinski definition) is 6. The van der Waals surface area contributed by atoms with Crippen molar-refractivity contribution in [2.45, 2.75) is 49.8 Å². The molecule has 2 aromatic rings. The van der Waals surface area contributed by atoms with Crippen molar-refractivity contribution in [2.24, 2.45) is 5.92 Å². The van der Waals surface area contributed by atoms with Crippen molar-refractivity contribution in [3.63, 3.8) is 0 Å². The lowest BCUT2D eigenvalue weighted by Crippen LogP contribution is -2.40. The lowest BCUT2D eigenvalue weighted by molar-refractivity contribution is 0.245. The maximum atomic E-state index is 13.2. The van der Waals surface area contributed by atoms with Gasteiger partial charge in [0.05, 0.1) is 6.61 Å². The van der Waals surface area contributed by atoms with Gasteiger partial charge in [0.15, 0.2) is 5.82 Å². The summed E-state index contributed by atoms with van der Waals surface area (Å²) in [6, 6.07) is 6.84. The average Bonchev–Trinajstić information content (AvgIpc) is 3.42. The molecule has 0 bridgehead atoms. The maximum absolute atomic E-state index is 13.2. The van der Waals surface area contributed by atoms with Crippen LogP contribution in [0.3, 0.4) is 0 Å². The van der Waals surface area contributed by atoms with Crippen molar-refractivity contribution in [3.05, 3.63) is 36.0 Å². The van der Waals surface area contributed by atoms with Crippen LogP contribution in [0.5, 0.6) is 5.75 Å². The number of hydrogen-bond donors (Lipinski definition) is 0. The molecule has 1 aliphatic heterocycles. The Balaban J connectivity index is 1.48. The second-order valence-corrected chi connectivity index (χ2v) is 9.18. The Labute approximate surface area is 159 Å². The van der Waals surface area contributed by atoms with Gasteiger partial charge in [-0.25, -0.2) is 8.42 Å². The molecule has 2 fully saturated rings. The summed E-state index contributed by atoms with van der Waals surface area (Å²) in [4.78, 5) is 4.72. The quantitative estimate of drug-likeness (QED) is 0.721. The van der Waals surface area contributed by atoms with Crippen LogP contribution in [0.1, 0.15) is 50.2 Å². The Hall–Kier alpha value is -1.93. The molecule has 4 rings (SSSR count). The Morgan fingerprint density at radius 3 is 2.85 bits per heavy atom. The predicted molar refractivity (Wildman–Crippen MR) is 99.1 cm³/mol. The highest BCUT2D eigenvalue weighted by Gasteiger charge is 2.34. The van der Waals surface area contributed by atoms with Gasteiger partial charge in [-0.05, 0) is 50.7 Å². The van der Waals surface area contributed by atoms with E-state index in [2.05, 4.69) is 10.1 Å². The molecule has 2 aliphatic rings. The fraction of sp³-hybridized carbons (Fsp3) is 0.579. The van der Waals surface area contributed by atoms with E-state index in [1.54, 1.807) is 28.6 Å². The molecule has 2 heterocycles. The van der Waals surface area contributed by atoms with Gasteiger partial charge in [-0.1, -0.05) is 17.3 Å². The third-order valence-electron chi connectivity index (χ3n) is 5.14. The summed E-state index contributed by atoms with van der Waals surface area (Å²) in [7, 11) is -3.60. The summed E-state index contributed by atoms with van der Waals surface area (Å²) in [5.41, 5.74) is 0. The number of piperidine rings is 1. The number of benzene rings is 1. The average molecular weight is 391 g/mol. The summed E-state index contributed by atoms with van der Waals surface area (Å²) in [6.45, 7) is 3.26. The minimum atomic E-state index is -3.60. The molecule has 27 heavy (non-hydrogen) atoms. The highest BCUT2D eigenvalue weighted by Crippen LogP contribution is 2.38. The van der Waals surface area contributed by atoms with Gasteiger partial charge in [0, 0.05) is 25.4 Å². The lowest BCUT2D eigenvalue weighted by Gasteiger charge is -2.31. The van der Waals surface area contributed by atoms with Gasteiger partial charge < -0.3 is 9.26 Å². The van der Waals surface area contributed by atoms with E-state index in [0.717, 1.165) is 31.5 Å². The van der Waals surface area contributed by atoms with Crippen LogP contribution in [0.25, 0.3) is 0 Å². The van der Waals surface area contributed by atoms with Crippen LogP contribution < -0.4 is 4.74 Å². The Morgan fingerprint density at radius 1 is 1.26 bits per heavy atom. The van der Waals surface area contributed by atoms with Crippen molar-refractivity contribution in [1.29, 1.82) is 0 Å². The standard InChI is InChI=1S/C19H25N3O4S/c1-2-25-16-7-3-4-8-17(16)27(23,24)22-11-5-6-14(13-22)12-18-20-19(21-26-18)15-9-10-15/h3-4,7-8,14-15H,2,5-6,9-13H2,1H3. The van der Waals surface area contributed by atoms with Gasteiger partial charge in [0.1, 0.15) is 10.6 Å². The summed E-state index contributed by atoms with van der Waals surface area (Å²) < 4.78 is 38.8. The van der Waals surface area contributed by atoms with E-state index in [-0.39, 0.29) is 10.8 Å². The van der Waals surface area contributed by atoms with E-state index in [0.29, 0.717) is 43.7 Å². The summed E-state index contributed by atoms with van der Waals surface area (Å²) in [5.74, 6) is 2.47. The highest BCUT2D eigenvalue weighted by molar-refractivity contribution is 7.89. The second-order valence-electron chi connectivity index (χ2n) is 7.28.